The standard InChI is InChI=1S/C15H20F3NO3S/c1-3-4-5-8-23(20,21)19-11(2)12-6-7-13(16)14(9-12)22-10-15(17)18/h3-4,6-7,9,11,15,19H,5,8,10H2,1-2H3/b4-3+/t11-/m1/s1. The summed E-state index contributed by atoms with van der Waals surface area (Å²) in [5.74, 6) is -1.18. The van der Waals surface area contributed by atoms with Gasteiger partial charge in [-0.05, 0) is 38.0 Å². The maximum atomic E-state index is 13.5. The van der Waals surface area contributed by atoms with Crippen LogP contribution in [-0.4, -0.2) is 27.2 Å². The molecule has 0 aliphatic rings. The van der Waals surface area contributed by atoms with Crippen LogP contribution in [0.2, 0.25) is 0 Å². The van der Waals surface area contributed by atoms with Crippen molar-refractivity contribution in [3.05, 3.63) is 41.7 Å². The molecule has 23 heavy (non-hydrogen) atoms. The SMILES string of the molecule is C/C=C/CCS(=O)(=O)N[C@H](C)c1ccc(F)c(OCC(F)F)c1. The zero-order valence-electron chi connectivity index (χ0n) is 12.9. The summed E-state index contributed by atoms with van der Waals surface area (Å²) in [6.45, 7) is 2.45. The maximum absolute atomic E-state index is 13.5. The van der Waals surface area contributed by atoms with E-state index in [1.165, 1.54) is 12.1 Å². The van der Waals surface area contributed by atoms with Crippen molar-refractivity contribution in [1.29, 1.82) is 0 Å². The Bertz CT molecular complexity index is 633. The topological polar surface area (TPSA) is 55.4 Å². The number of rotatable bonds is 9. The molecule has 0 saturated carbocycles. The van der Waals surface area contributed by atoms with Gasteiger partial charge < -0.3 is 4.74 Å². The molecule has 0 unspecified atom stereocenters. The second kappa shape index (κ2) is 8.93. The molecule has 4 nitrogen and oxygen atoms in total. The highest BCUT2D eigenvalue weighted by Crippen LogP contribution is 2.23. The summed E-state index contributed by atoms with van der Waals surface area (Å²) in [5.41, 5.74) is 0.422. The van der Waals surface area contributed by atoms with Crippen molar-refractivity contribution in [2.24, 2.45) is 0 Å². The molecule has 0 aliphatic heterocycles. The highest BCUT2D eigenvalue weighted by Gasteiger charge is 2.17. The van der Waals surface area contributed by atoms with Crippen LogP contribution in [0.15, 0.2) is 30.4 Å². The number of hydrogen-bond donors (Lipinski definition) is 1. The van der Waals surface area contributed by atoms with Crippen LogP contribution in [0.1, 0.15) is 31.9 Å². The summed E-state index contributed by atoms with van der Waals surface area (Å²) >= 11 is 0. The van der Waals surface area contributed by atoms with E-state index in [1.54, 1.807) is 26.0 Å². The average molecular weight is 351 g/mol. The van der Waals surface area contributed by atoms with Crippen molar-refractivity contribution < 1.29 is 26.3 Å². The van der Waals surface area contributed by atoms with Crippen molar-refractivity contribution in [3.8, 4) is 5.75 Å². The molecule has 0 aliphatic carbocycles. The van der Waals surface area contributed by atoms with Crippen LogP contribution in [0.4, 0.5) is 13.2 Å². The Morgan fingerprint density at radius 1 is 1.35 bits per heavy atom. The third-order valence-electron chi connectivity index (χ3n) is 2.97. The number of nitrogens with one attached hydrogen (secondary N) is 1. The van der Waals surface area contributed by atoms with E-state index in [1.807, 2.05) is 0 Å². The van der Waals surface area contributed by atoms with Crippen molar-refractivity contribution in [3.63, 3.8) is 0 Å². The van der Waals surface area contributed by atoms with Gasteiger partial charge in [0, 0.05) is 6.04 Å². The predicted octanol–water partition coefficient (Wildman–Crippen LogP) is 3.42. The second-order valence-corrected chi connectivity index (χ2v) is 6.78. The molecule has 0 aromatic heterocycles. The van der Waals surface area contributed by atoms with E-state index in [-0.39, 0.29) is 11.5 Å². The van der Waals surface area contributed by atoms with E-state index < -0.39 is 34.9 Å². The fourth-order valence-electron chi connectivity index (χ4n) is 1.84. The summed E-state index contributed by atoms with van der Waals surface area (Å²) in [5, 5.41) is 0. The fourth-order valence-corrected chi connectivity index (χ4v) is 3.08. The van der Waals surface area contributed by atoms with E-state index in [0.717, 1.165) is 6.07 Å². The fraction of sp³-hybridized carbons (Fsp3) is 0.467. The molecule has 0 bridgehead atoms. The molecule has 1 aromatic rings. The van der Waals surface area contributed by atoms with Gasteiger partial charge in [-0.1, -0.05) is 18.2 Å². The molecule has 0 amide bonds. The maximum Gasteiger partial charge on any atom is 0.272 e. The highest BCUT2D eigenvalue weighted by atomic mass is 32.2. The van der Waals surface area contributed by atoms with Gasteiger partial charge in [-0.3, -0.25) is 0 Å². The minimum Gasteiger partial charge on any atom is -0.485 e. The summed E-state index contributed by atoms with van der Waals surface area (Å²) in [7, 11) is -3.51. The van der Waals surface area contributed by atoms with E-state index in [0.29, 0.717) is 12.0 Å². The smallest absolute Gasteiger partial charge is 0.272 e. The van der Waals surface area contributed by atoms with Crippen LogP contribution in [-0.2, 0) is 10.0 Å². The van der Waals surface area contributed by atoms with E-state index in [9.17, 15) is 21.6 Å². The Morgan fingerprint density at radius 3 is 2.65 bits per heavy atom. The van der Waals surface area contributed by atoms with E-state index >= 15 is 0 Å². The van der Waals surface area contributed by atoms with E-state index in [2.05, 4.69) is 9.46 Å². The number of alkyl halides is 2. The molecule has 1 rings (SSSR count). The number of sulfonamides is 1. The van der Waals surface area contributed by atoms with Crippen molar-refractivity contribution >= 4 is 10.0 Å². The molecule has 0 radical (unpaired) electrons. The molecule has 1 aromatic carbocycles. The Morgan fingerprint density at radius 2 is 2.04 bits per heavy atom. The second-order valence-electron chi connectivity index (χ2n) is 4.91. The highest BCUT2D eigenvalue weighted by molar-refractivity contribution is 7.89. The summed E-state index contributed by atoms with van der Waals surface area (Å²) < 4.78 is 68.7. The molecule has 0 saturated heterocycles. The Kier molecular flexibility index (Phi) is 7.57. The van der Waals surface area contributed by atoms with Gasteiger partial charge in [-0.15, -0.1) is 0 Å². The first kappa shape index (κ1) is 19.5. The van der Waals surface area contributed by atoms with Gasteiger partial charge in [0.25, 0.3) is 6.43 Å². The quantitative estimate of drug-likeness (QED) is 0.694. The minimum atomic E-state index is -3.51. The number of ether oxygens (including phenoxy) is 1. The van der Waals surface area contributed by atoms with Gasteiger partial charge in [-0.2, -0.15) is 0 Å². The van der Waals surface area contributed by atoms with Crippen LogP contribution in [0.3, 0.4) is 0 Å². The van der Waals surface area contributed by atoms with Crippen LogP contribution < -0.4 is 9.46 Å². The molecule has 130 valence electrons. The molecular formula is C15H20F3NO3S. The van der Waals surface area contributed by atoms with Gasteiger partial charge >= 0.3 is 0 Å². The molecule has 0 spiro atoms. The molecular weight excluding hydrogens is 331 g/mol. The van der Waals surface area contributed by atoms with Crippen molar-refractivity contribution in [1.82, 2.24) is 4.72 Å². The van der Waals surface area contributed by atoms with Gasteiger partial charge in [-0.25, -0.2) is 26.3 Å². The van der Waals surface area contributed by atoms with Crippen molar-refractivity contribution in [2.75, 3.05) is 12.4 Å². The van der Waals surface area contributed by atoms with Crippen LogP contribution in [0.25, 0.3) is 0 Å². The lowest BCUT2D eigenvalue weighted by Gasteiger charge is -2.16. The van der Waals surface area contributed by atoms with Gasteiger partial charge in [0.1, 0.15) is 6.61 Å². The van der Waals surface area contributed by atoms with E-state index in [4.69, 9.17) is 0 Å². The Labute approximate surface area is 134 Å². The molecule has 1 atom stereocenters. The third kappa shape index (κ3) is 7.04. The summed E-state index contributed by atoms with van der Waals surface area (Å²) in [6, 6.07) is 3.02. The van der Waals surface area contributed by atoms with Crippen LogP contribution in [0.5, 0.6) is 5.75 Å². The molecule has 1 N–H and O–H groups in total. The van der Waals surface area contributed by atoms with Gasteiger partial charge in [0.05, 0.1) is 5.75 Å². The Hall–Kier alpha value is -1.54. The number of allylic oxidation sites excluding steroid dienone is 2. The Balaban J connectivity index is 2.79. The van der Waals surface area contributed by atoms with Gasteiger partial charge in [0.2, 0.25) is 10.0 Å². The average Bonchev–Trinajstić information content (AvgIpc) is 2.45. The minimum absolute atomic E-state index is 0.0718. The number of benzene rings is 1. The van der Waals surface area contributed by atoms with Crippen LogP contribution in [0, 0.1) is 5.82 Å². The summed E-state index contributed by atoms with van der Waals surface area (Å²) in [6.07, 6.45) is 1.15. The normalized spacial score (nSPS) is 13.7. The lowest BCUT2D eigenvalue weighted by atomic mass is 10.1. The monoisotopic (exact) mass is 351 g/mol. The lowest BCUT2D eigenvalue weighted by Crippen LogP contribution is -2.29. The first-order valence-electron chi connectivity index (χ1n) is 7.06. The van der Waals surface area contributed by atoms with Crippen LogP contribution >= 0.6 is 0 Å². The zero-order chi connectivity index (χ0) is 17.5. The number of halogens is 3. The van der Waals surface area contributed by atoms with Crippen molar-refractivity contribution in [2.45, 2.75) is 32.7 Å². The molecule has 0 fully saturated rings. The largest absolute Gasteiger partial charge is 0.485 e. The molecule has 0 heterocycles. The first-order chi connectivity index (χ1) is 10.7. The summed E-state index contributed by atoms with van der Waals surface area (Å²) in [4.78, 5) is 0. The number of hydrogen-bond acceptors (Lipinski definition) is 3. The van der Waals surface area contributed by atoms with Gasteiger partial charge in [0.15, 0.2) is 11.6 Å². The predicted molar refractivity (Wildman–Crippen MR) is 82.7 cm³/mol. The first-order valence-corrected chi connectivity index (χ1v) is 8.72. The third-order valence-corrected chi connectivity index (χ3v) is 4.45. The lowest BCUT2D eigenvalue weighted by molar-refractivity contribution is 0.0798. The zero-order valence-corrected chi connectivity index (χ0v) is 13.7. The molecule has 8 heteroatoms.